The molecule has 2 rings (SSSR count). The van der Waals surface area contributed by atoms with Crippen LogP contribution in [-0.2, 0) is 0 Å². The third-order valence-corrected chi connectivity index (χ3v) is 3.83. The van der Waals surface area contributed by atoms with Gasteiger partial charge in [-0.15, -0.1) is 11.6 Å². The summed E-state index contributed by atoms with van der Waals surface area (Å²) in [7, 11) is 0. The number of alkyl halides is 1. The van der Waals surface area contributed by atoms with Crippen molar-refractivity contribution in [3.8, 4) is 0 Å². The molecule has 1 aliphatic carbocycles. The van der Waals surface area contributed by atoms with Crippen LogP contribution in [0.3, 0.4) is 0 Å². The minimum absolute atomic E-state index is 0.0448. The quantitative estimate of drug-likeness (QED) is 0.626. The Morgan fingerprint density at radius 3 is 2.74 bits per heavy atom. The average Bonchev–Trinajstić information content (AvgIpc) is 2.37. The van der Waals surface area contributed by atoms with E-state index in [1.807, 2.05) is 25.1 Å². The van der Waals surface area contributed by atoms with Crippen LogP contribution in [0.4, 0.5) is 10.5 Å². The van der Waals surface area contributed by atoms with Gasteiger partial charge in [0.1, 0.15) is 0 Å². The number of carbonyl (C=O) groups is 1. The van der Waals surface area contributed by atoms with Crippen molar-refractivity contribution in [1.82, 2.24) is 5.32 Å². The van der Waals surface area contributed by atoms with Crippen molar-refractivity contribution in [2.24, 2.45) is 0 Å². The number of hydrogen-bond donors (Lipinski definition) is 2. The van der Waals surface area contributed by atoms with Gasteiger partial charge in [0.2, 0.25) is 0 Å². The molecule has 1 aliphatic rings. The molecule has 19 heavy (non-hydrogen) atoms. The van der Waals surface area contributed by atoms with Crippen LogP contribution in [-0.4, -0.2) is 17.5 Å². The first-order chi connectivity index (χ1) is 9.04. The van der Waals surface area contributed by atoms with Gasteiger partial charge in [0.05, 0.1) is 5.38 Å². The van der Waals surface area contributed by atoms with Crippen molar-refractivity contribution in [2.45, 2.75) is 31.2 Å². The van der Waals surface area contributed by atoms with Crippen LogP contribution >= 0.6 is 23.2 Å². The smallest absolute Gasteiger partial charge is 0.319 e. The molecule has 1 aromatic carbocycles. The molecule has 0 radical (unpaired) electrons. The highest BCUT2D eigenvalue weighted by Gasteiger charge is 2.15. The zero-order chi connectivity index (χ0) is 13.8. The van der Waals surface area contributed by atoms with Gasteiger partial charge in [-0.3, -0.25) is 0 Å². The van der Waals surface area contributed by atoms with Crippen molar-refractivity contribution < 1.29 is 4.79 Å². The average molecular weight is 299 g/mol. The fourth-order valence-electron chi connectivity index (χ4n) is 1.96. The Bertz CT molecular complexity index is 502. The molecule has 0 spiro atoms. The van der Waals surface area contributed by atoms with Crippen LogP contribution in [0.2, 0.25) is 5.02 Å². The fourth-order valence-corrected chi connectivity index (χ4v) is 2.29. The molecule has 0 fully saturated rings. The Morgan fingerprint density at radius 2 is 2.11 bits per heavy atom. The summed E-state index contributed by atoms with van der Waals surface area (Å²) >= 11 is 11.9. The molecule has 0 saturated carbocycles. The maximum atomic E-state index is 11.8. The summed E-state index contributed by atoms with van der Waals surface area (Å²) in [6.07, 6.45) is 5.59. The molecule has 1 aromatic rings. The fraction of sp³-hybridized carbons (Fsp3) is 0.357. The predicted octanol–water partition coefficient (Wildman–Crippen LogP) is 4.10. The van der Waals surface area contributed by atoms with Crippen molar-refractivity contribution in [3.05, 3.63) is 40.9 Å². The van der Waals surface area contributed by atoms with Gasteiger partial charge in [-0.2, -0.15) is 0 Å². The van der Waals surface area contributed by atoms with E-state index in [2.05, 4.69) is 10.6 Å². The third-order valence-electron chi connectivity index (χ3n) is 3.04. The lowest BCUT2D eigenvalue weighted by Gasteiger charge is -2.20. The van der Waals surface area contributed by atoms with E-state index in [1.54, 1.807) is 12.1 Å². The first-order valence-electron chi connectivity index (χ1n) is 6.20. The van der Waals surface area contributed by atoms with Crippen molar-refractivity contribution in [1.29, 1.82) is 0 Å². The lowest BCUT2D eigenvalue weighted by Crippen LogP contribution is -2.38. The molecule has 2 amide bonds. The summed E-state index contributed by atoms with van der Waals surface area (Å²) in [4.78, 5) is 11.8. The van der Waals surface area contributed by atoms with Crippen LogP contribution in [0, 0.1) is 6.92 Å². The second-order valence-electron chi connectivity index (χ2n) is 4.65. The molecule has 102 valence electrons. The van der Waals surface area contributed by atoms with Crippen LogP contribution in [0.25, 0.3) is 0 Å². The highest BCUT2D eigenvalue weighted by molar-refractivity contribution is 6.31. The van der Waals surface area contributed by atoms with Gasteiger partial charge in [0.15, 0.2) is 0 Å². The number of rotatable bonds is 2. The van der Waals surface area contributed by atoms with Crippen LogP contribution in [0.15, 0.2) is 30.4 Å². The number of anilines is 1. The van der Waals surface area contributed by atoms with Gasteiger partial charge in [0, 0.05) is 16.8 Å². The minimum Gasteiger partial charge on any atom is -0.332 e. The molecule has 0 heterocycles. The second-order valence-corrected chi connectivity index (χ2v) is 5.61. The van der Waals surface area contributed by atoms with Crippen LogP contribution < -0.4 is 10.6 Å². The molecular weight excluding hydrogens is 283 g/mol. The summed E-state index contributed by atoms with van der Waals surface area (Å²) in [6, 6.07) is 5.21. The van der Waals surface area contributed by atoms with E-state index in [9.17, 15) is 4.79 Å². The lowest BCUT2D eigenvalue weighted by molar-refractivity contribution is 0.249. The largest absolute Gasteiger partial charge is 0.332 e. The monoisotopic (exact) mass is 298 g/mol. The Labute approximate surface area is 123 Å². The maximum Gasteiger partial charge on any atom is 0.319 e. The Morgan fingerprint density at radius 1 is 1.32 bits per heavy atom. The Kier molecular flexibility index (Phi) is 4.72. The van der Waals surface area contributed by atoms with Gasteiger partial charge >= 0.3 is 6.03 Å². The molecular formula is C14H16Cl2N2O. The SMILES string of the molecule is Cc1cc(NC(=O)NC2C=CC(Cl)CC2)ccc1Cl. The number of urea groups is 1. The molecule has 0 bridgehead atoms. The molecule has 5 heteroatoms. The molecule has 0 aromatic heterocycles. The number of amides is 2. The molecule has 0 aliphatic heterocycles. The number of benzene rings is 1. The van der Waals surface area contributed by atoms with E-state index in [0.717, 1.165) is 24.1 Å². The number of carbonyl (C=O) groups excluding carboxylic acids is 1. The Balaban J connectivity index is 1.90. The normalized spacial score (nSPS) is 22.1. The number of halogens is 2. The van der Waals surface area contributed by atoms with Gasteiger partial charge in [0.25, 0.3) is 0 Å². The first kappa shape index (κ1) is 14.2. The van der Waals surface area contributed by atoms with E-state index in [0.29, 0.717) is 5.02 Å². The highest BCUT2D eigenvalue weighted by Crippen LogP contribution is 2.20. The minimum atomic E-state index is -0.218. The van der Waals surface area contributed by atoms with Crippen molar-refractivity contribution >= 4 is 34.9 Å². The lowest BCUT2D eigenvalue weighted by atomic mass is 10.0. The maximum absolute atomic E-state index is 11.8. The molecule has 2 atom stereocenters. The van der Waals surface area contributed by atoms with Gasteiger partial charge in [-0.1, -0.05) is 23.8 Å². The highest BCUT2D eigenvalue weighted by atomic mass is 35.5. The number of hydrogen-bond acceptors (Lipinski definition) is 1. The number of aryl methyl sites for hydroxylation is 1. The van der Waals surface area contributed by atoms with Crippen LogP contribution in [0.1, 0.15) is 18.4 Å². The van der Waals surface area contributed by atoms with E-state index in [-0.39, 0.29) is 17.5 Å². The second kappa shape index (κ2) is 6.31. The summed E-state index contributed by atoms with van der Waals surface area (Å²) in [6.45, 7) is 1.90. The standard InChI is InChI=1S/C14H16Cl2N2O/c1-9-8-12(6-7-13(9)16)18-14(19)17-11-4-2-10(15)3-5-11/h2,4,6-8,10-11H,3,5H2,1H3,(H2,17,18,19). The molecule has 2 N–H and O–H groups in total. The third kappa shape index (κ3) is 4.15. The topological polar surface area (TPSA) is 41.1 Å². The van der Waals surface area contributed by atoms with E-state index < -0.39 is 0 Å². The van der Waals surface area contributed by atoms with Gasteiger partial charge in [-0.25, -0.2) is 4.79 Å². The van der Waals surface area contributed by atoms with Gasteiger partial charge in [-0.05, 0) is 43.5 Å². The number of nitrogens with one attached hydrogen (secondary N) is 2. The van der Waals surface area contributed by atoms with Crippen LogP contribution in [0.5, 0.6) is 0 Å². The van der Waals surface area contributed by atoms with E-state index in [4.69, 9.17) is 23.2 Å². The first-order valence-corrected chi connectivity index (χ1v) is 7.02. The molecule has 3 nitrogen and oxygen atoms in total. The van der Waals surface area contributed by atoms with E-state index in [1.165, 1.54) is 0 Å². The zero-order valence-corrected chi connectivity index (χ0v) is 12.1. The predicted molar refractivity (Wildman–Crippen MR) is 80.1 cm³/mol. The molecule has 2 unspecified atom stereocenters. The van der Waals surface area contributed by atoms with Gasteiger partial charge < -0.3 is 10.6 Å². The molecule has 0 saturated heterocycles. The van der Waals surface area contributed by atoms with Crippen molar-refractivity contribution in [2.75, 3.05) is 5.32 Å². The van der Waals surface area contributed by atoms with E-state index >= 15 is 0 Å². The zero-order valence-electron chi connectivity index (χ0n) is 10.6. The summed E-state index contributed by atoms with van der Waals surface area (Å²) in [5.41, 5.74) is 1.66. The number of allylic oxidation sites excluding steroid dienone is 1. The summed E-state index contributed by atoms with van der Waals surface area (Å²) in [5, 5.41) is 6.46. The van der Waals surface area contributed by atoms with Crippen molar-refractivity contribution in [3.63, 3.8) is 0 Å². The summed E-state index contributed by atoms with van der Waals surface area (Å²) in [5.74, 6) is 0. The Hall–Kier alpha value is -1.19. The summed E-state index contributed by atoms with van der Waals surface area (Å²) < 4.78 is 0.